The minimum atomic E-state index is -1.30. The number of carbonyl (C=O) groups is 2. The fourth-order valence-electron chi connectivity index (χ4n) is 3.07. The van der Waals surface area contributed by atoms with Gasteiger partial charge in [-0.05, 0) is 46.5 Å². The van der Waals surface area contributed by atoms with Crippen molar-refractivity contribution in [2.45, 2.75) is 65.1 Å². The van der Waals surface area contributed by atoms with Gasteiger partial charge in [0.2, 0.25) is 0 Å². The van der Waals surface area contributed by atoms with Gasteiger partial charge in [0.25, 0.3) is 0 Å². The highest BCUT2D eigenvalue weighted by molar-refractivity contribution is 6.04. The van der Waals surface area contributed by atoms with Crippen molar-refractivity contribution >= 4 is 11.8 Å². The lowest BCUT2D eigenvalue weighted by Gasteiger charge is -2.38. The molecule has 0 radical (unpaired) electrons. The van der Waals surface area contributed by atoms with Crippen LogP contribution in [0.3, 0.4) is 0 Å². The lowest BCUT2D eigenvalue weighted by Crippen LogP contribution is -2.51. The Labute approximate surface area is 144 Å². The van der Waals surface area contributed by atoms with Crippen LogP contribution >= 0.6 is 0 Å². The fraction of sp³-hybridized carbons (Fsp3) is 0.684. The summed E-state index contributed by atoms with van der Waals surface area (Å²) in [6.45, 7) is 6.10. The molecule has 0 aromatic rings. The normalized spacial score (nSPS) is 27.8. The predicted octanol–water partition coefficient (Wildman–Crippen LogP) is 2.97. The monoisotopic (exact) mass is 338 g/mol. The van der Waals surface area contributed by atoms with Gasteiger partial charge in [-0.3, -0.25) is 9.59 Å². The maximum Gasteiger partial charge on any atom is 0.319 e. The first-order valence-electron chi connectivity index (χ1n) is 8.38. The Morgan fingerprint density at radius 3 is 2.50 bits per heavy atom. The lowest BCUT2D eigenvalue weighted by molar-refractivity contribution is -0.168. The third kappa shape index (κ3) is 5.02. The Balaban J connectivity index is 2.92. The molecule has 0 bridgehead atoms. The summed E-state index contributed by atoms with van der Waals surface area (Å²) in [5.41, 5.74) is 1.08. The van der Waals surface area contributed by atoms with Gasteiger partial charge in [-0.15, -0.1) is 0 Å². The summed E-state index contributed by atoms with van der Waals surface area (Å²) < 4.78 is 10.0. The van der Waals surface area contributed by atoms with E-state index < -0.39 is 23.6 Å². The van der Waals surface area contributed by atoms with Crippen molar-refractivity contribution in [3.63, 3.8) is 0 Å². The first kappa shape index (κ1) is 20.6. The molecule has 0 aromatic heterocycles. The number of rotatable bonds is 7. The number of hydrogen-bond acceptors (Lipinski definition) is 5. The second kappa shape index (κ2) is 9.14. The molecular weight excluding hydrogens is 308 g/mol. The molecular formula is C19H30O5. The van der Waals surface area contributed by atoms with Crippen LogP contribution in [-0.2, 0) is 19.1 Å². The molecule has 1 fully saturated rings. The number of ether oxygens (including phenoxy) is 2. The molecule has 0 amide bonds. The predicted molar refractivity (Wildman–Crippen MR) is 92.5 cm³/mol. The van der Waals surface area contributed by atoms with Gasteiger partial charge in [0.05, 0.1) is 19.3 Å². The minimum absolute atomic E-state index is 0.0252. The number of allylic oxidation sites excluding steroid dienone is 4. The van der Waals surface area contributed by atoms with E-state index in [9.17, 15) is 14.7 Å². The van der Waals surface area contributed by atoms with Crippen molar-refractivity contribution in [1.29, 1.82) is 0 Å². The molecule has 5 nitrogen and oxygen atoms in total. The molecule has 1 saturated carbocycles. The fourth-order valence-corrected chi connectivity index (χ4v) is 3.07. The molecule has 3 atom stereocenters. The smallest absolute Gasteiger partial charge is 0.319 e. The van der Waals surface area contributed by atoms with E-state index >= 15 is 0 Å². The summed E-state index contributed by atoms with van der Waals surface area (Å²) in [7, 11) is 2.73. The van der Waals surface area contributed by atoms with E-state index in [-0.39, 0.29) is 25.0 Å². The van der Waals surface area contributed by atoms with Crippen molar-refractivity contribution in [1.82, 2.24) is 0 Å². The molecule has 0 saturated heterocycles. The van der Waals surface area contributed by atoms with Gasteiger partial charge in [-0.1, -0.05) is 23.3 Å². The largest absolute Gasteiger partial charge is 0.468 e. The molecule has 0 aromatic carbocycles. The molecule has 0 heterocycles. The maximum absolute atomic E-state index is 12.6. The van der Waals surface area contributed by atoms with Gasteiger partial charge >= 0.3 is 5.97 Å². The van der Waals surface area contributed by atoms with Crippen molar-refractivity contribution in [2.24, 2.45) is 5.41 Å². The molecule has 1 aliphatic carbocycles. The first-order valence-corrected chi connectivity index (χ1v) is 8.38. The maximum atomic E-state index is 12.6. The van der Waals surface area contributed by atoms with Crippen LogP contribution in [0.4, 0.5) is 0 Å². The Morgan fingerprint density at radius 2 is 1.96 bits per heavy atom. The summed E-state index contributed by atoms with van der Waals surface area (Å²) in [4.78, 5) is 24.9. The van der Waals surface area contributed by atoms with Gasteiger partial charge in [0, 0.05) is 13.5 Å². The van der Waals surface area contributed by atoms with E-state index in [4.69, 9.17) is 9.47 Å². The van der Waals surface area contributed by atoms with Crippen molar-refractivity contribution in [3.05, 3.63) is 23.3 Å². The van der Waals surface area contributed by atoms with Crippen molar-refractivity contribution in [3.8, 4) is 0 Å². The third-order valence-corrected chi connectivity index (χ3v) is 4.68. The lowest BCUT2D eigenvalue weighted by atomic mass is 9.68. The number of ketones is 1. The number of aliphatic hydroxyl groups excluding tert-OH is 1. The minimum Gasteiger partial charge on any atom is -0.468 e. The number of Topliss-reactive ketones (excluding diaryl/α,β-unsaturated/α-hetero) is 1. The number of carbonyl (C=O) groups excluding carboxylic acids is 2. The van der Waals surface area contributed by atoms with E-state index in [1.165, 1.54) is 19.8 Å². The summed E-state index contributed by atoms with van der Waals surface area (Å²) >= 11 is 0. The summed E-state index contributed by atoms with van der Waals surface area (Å²) in [5.74, 6) is -0.797. The van der Waals surface area contributed by atoms with E-state index in [2.05, 4.69) is 19.9 Å². The first-order chi connectivity index (χ1) is 11.3. The van der Waals surface area contributed by atoms with Crippen LogP contribution < -0.4 is 0 Å². The zero-order chi connectivity index (χ0) is 18.3. The number of esters is 1. The SMILES string of the molecule is COC(=O)C1(CC=C(C)CCC=C(C)C)CC(O)C(OC)CC1=O. The highest BCUT2D eigenvalue weighted by Crippen LogP contribution is 2.39. The molecule has 1 aliphatic rings. The van der Waals surface area contributed by atoms with E-state index in [1.807, 2.05) is 13.0 Å². The Bertz CT molecular complexity index is 516. The van der Waals surface area contributed by atoms with Crippen LogP contribution in [0.5, 0.6) is 0 Å². The van der Waals surface area contributed by atoms with Crippen LogP contribution in [0.25, 0.3) is 0 Å². The zero-order valence-electron chi connectivity index (χ0n) is 15.4. The second-order valence-electron chi connectivity index (χ2n) is 6.82. The van der Waals surface area contributed by atoms with E-state index in [0.29, 0.717) is 0 Å². The molecule has 24 heavy (non-hydrogen) atoms. The van der Waals surface area contributed by atoms with Crippen LogP contribution in [0.2, 0.25) is 0 Å². The molecule has 0 aliphatic heterocycles. The Hall–Kier alpha value is -1.46. The van der Waals surface area contributed by atoms with Gasteiger partial charge in [0.1, 0.15) is 5.41 Å². The number of methoxy groups -OCH3 is 2. The number of hydrogen-bond donors (Lipinski definition) is 1. The van der Waals surface area contributed by atoms with Crippen LogP contribution in [0, 0.1) is 5.41 Å². The van der Waals surface area contributed by atoms with Gasteiger partial charge in [-0.2, -0.15) is 0 Å². The Kier molecular flexibility index (Phi) is 7.84. The summed E-state index contributed by atoms with van der Waals surface area (Å²) in [5, 5.41) is 10.2. The molecule has 136 valence electrons. The third-order valence-electron chi connectivity index (χ3n) is 4.68. The van der Waals surface area contributed by atoms with Crippen molar-refractivity contribution in [2.75, 3.05) is 14.2 Å². The van der Waals surface area contributed by atoms with Gasteiger partial charge in [-0.25, -0.2) is 0 Å². The van der Waals surface area contributed by atoms with Crippen molar-refractivity contribution < 1.29 is 24.2 Å². The molecule has 1 N–H and O–H groups in total. The zero-order valence-corrected chi connectivity index (χ0v) is 15.4. The van der Waals surface area contributed by atoms with E-state index in [0.717, 1.165) is 18.4 Å². The summed E-state index contributed by atoms with van der Waals surface area (Å²) in [6, 6.07) is 0. The molecule has 5 heteroatoms. The van der Waals surface area contributed by atoms with Gasteiger partial charge < -0.3 is 14.6 Å². The topological polar surface area (TPSA) is 72.8 Å². The molecule has 1 rings (SSSR count). The number of aliphatic hydroxyl groups is 1. The van der Waals surface area contributed by atoms with E-state index in [1.54, 1.807) is 0 Å². The second-order valence-corrected chi connectivity index (χ2v) is 6.82. The average Bonchev–Trinajstić information content (AvgIpc) is 2.54. The van der Waals surface area contributed by atoms with Crippen LogP contribution in [0.1, 0.15) is 52.9 Å². The quantitative estimate of drug-likeness (QED) is 0.439. The summed E-state index contributed by atoms with van der Waals surface area (Å²) in [6.07, 6.45) is 4.79. The Morgan fingerprint density at radius 1 is 1.29 bits per heavy atom. The standard InChI is InChI=1S/C19H30O5/c1-13(2)7-6-8-14(3)9-10-19(18(22)24-5)12-15(20)16(23-4)11-17(19)21/h7,9,15-16,20H,6,8,10-12H2,1-5H3. The van der Waals surface area contributed by atoms with Crippen LogP contribution in [-0.4, -0.2) is 43.3 Å². The highest BCUT2D eigenvalue weighted by Gasteiger charge is 2.52. The van der Waals surface area contributed by atoms with Crippen LogP contribution in [0.15, 0.2) is 23.3 Å². The molecule has 0 spiro atoms. The van der Waals surface area contributed by atoms with Gasteiger partial charge in [0.15, 0.2) is 5.78 Å². The molecule has 3 unspecified atom stereocenters. The average molecular weight is 338 g/mol. The highest BCUT2D eigenvalue weighted by atomic mass is 16.5.